The first kappa shape index (κ1) is 18.1. The highest BCUT2D eigenvalue weighted by Crippen LogP contribution is 2.34. The van der Waals surface area contributed by atoms with Crippen molar-refractivity contribution in [2.45, 2.75) is 26.4 Å². The molecule has 1 saturated heterocycles. The molecular formula is C21H24ClN3O2. The lowest BCUT2D eigenvalue weighted by Gasteiger charge is -2.32. The molecule has 1 N–H and O–H groups in total. The van der Waals surface area contributed by atoms with Gasteiger partial charge in [0.25, 0.3) is 0 Å². The van der Waals surface area contributed by atoms with Gasteiger partial charge in [0, 0.05) is 42.8 Å². The van der Waals surface area contributed by atoms with Gasteiger partial charge in [0.15, 0.2) is 0 Å². The fourth-order valence-corrected chi connectivity index (χ4v) is 3.93. The van der Waals surface area contributed by atoms with Crippen LogP contribution in [0.15, 0.2) is 36.7 Å². The Morgan fingerprint density at radius 3 is 2.74 bits per heavy atom. The zero-order chi connectivity index (χ0) is 19.0. The summed E-state index contributed by atoms with van der Waals surface area (Å²) in [4.78, 5) is 7.21. The monoisotopic (exact) mass is 385 g/mol. The van der Waals surface area contributed by atoms with Gasteiger partial charge in [-0.2, -0.15) is 0 Å². The van der Waals surface area contributed by atoms with Gasteiger partial charge in [-0.05, 0) is 42.5 Å². The lowest BCUT2D eigenvalue weighted by atomic mass is 9.99. The maximum atomic E-state index is 9.76. The quantitative estimate of drug-likeness (QED) is 0.723. The highest BCUT2D eigenvalue weighted by molar-refractivity contribution is 6.32. The van der Waals surface area contributed by atoms with Crippen LogP contribution in [0.2, 0.25) is 5.02 Å². The summed E-state index contributed by atoms with van der Waals surface area (Å²) in [5.74, 6) is 1.36. The molecule has 1 aliphatic heterocycles. The van der Waals surface area contributed by atoms with E-state index in [0.29, 0.717) is 10.8 Å². The number of aromatic nitrogens is 2. The maximum Gasteiger partial charge on any atom is 0.139 e. The SMILES string of the molecule is COc1cc(CO)c(-c2cn3ccc(N4CCC(C)CC4)cc3n2)cc1Cl. The lowest BCUT2D eigenvalue weighted by molar-refractivity contribution is 0.281. The normalized spacial score (nSPS) is 15.5. The Balaban J connectivity index is 1.71. The Labute approximate surface area is 164 Å². The number of halogens is 1. The highest BCUT2D eigenvalue weighted by Gasteiger charge is 2.17. The molecule has 4 rings (SSSR count). The fraction of sp³-hybridized carbons (Fsp3) is 0.381. The van der Waals surface area contributed by atoms with E-state index in [9.17, 15) is 5.11 Å². The molecular weight excluding hydrogens is 362 g/mol. The molecule has 0 unspecified atom stereocenters. The van der Waals surface area contributed by atoms with Crippen molar-refractivity contribution in [2.75, 3.05) is 25.1 Å². The van der Waals surface area contributed by atoms with Gasteiger partial charge < -0.3 is 19.1 Å². The van der Waals surface area contributed by atoms with Crippen molar-refractivity contribution in [3.63, 3.8) is 0 Å². The number of hydrogen-bond donors (Lipinski definition) is 1. The van der Waals surface area contributed by atoms with Crippen LogP contribution in [0.1, 0.15) is 25.3 Å². The van der Waals surface area contributed by atoms with Crippen LogP contribution < -0.4 is 9.64 Å². The molecule has 0 aliphatic carbocycles. The van der Waals surface area contributed by atoms with Gasteiger partial charge >= 0.3 is 0 Å². The van der Waals surface area contributed by atoms with Crippen LogP contribution in [0.4, 0.5) is 5.69 Å². The molecule has 0 radical (unpaired) electrons. The number of fused-ring (bicyclic) bond motifs is 1. The molecule has 0 saturated carbocycles. The van der Waals surface area contributed by atoms with Gasteiger partial charge in [-0.1, -0.05) is 18.5 Å². The maximum absolute atomic E-state index is 9.76. The van der Waals surface area contributed by atoms with Gasteiger partial charge in [-0.3, -0.25) is 0 Å². The number of hydrogen-bond acceptors (Lipinski definition) is 4. The van der Waals surface area contributed by atoms with Gasteiger partial charge in [-0.15, -0.1) is 0 Å². The van der Waals surface area contributed by atoms with Crippen molar-refractivity contribution < 1.29 is 9.84 Å². The van der Waals surface area contributed by atoms with Crippen molar-refractivity contribution >= 4 is 22.9 Å². The minimum absolute atomic E-state index is 0.103. The molecule has 1 aromatic carbocycles. The van der Waals surface area contributed by atoms with Crippen molar-refractivity contribution in [3.05, 3.63) is 47.2 Å². The third-order valence-electron chi connectivity index (χ3n) is 5.42. The molecule has 2 aromatic heterocycles. The number of aliphatic hydroxyl groups excluding tert-OH is 1. The second-order valence-electron chi connectivity index (χ2n) is 7.25. The molecule has 1 fully saturated rings. The van der Waals surface area contributed by atoms with Crippen molar-refractivity contribution in [3.8, 4) is 17.0 Å². The van der Waals surface area contributed by atoms with Gasteiger partial charge in [0.05, 0.1) is 24.4 Å². The predicted octanol–water partition coefficient (Wildman–Crippen LogP) is 4.39. The number of aliphatic hydroxyl groups is 1. The minimum atomic E-state index is -0.103. The Morgan fingerprint density at radius 2 is 2.04 bits per heavy atom. The third kappa shape index (κ3) is 3.49. The summed E-state index contributed by atoms with van der Waals surface area (Å²) >= 11 is 6.30. The van der Waals surface area contributed by atoms with Gasteiger partial charge in [0.1, 0.15) is 11.4 Å². The van der Waals surface area contributed by atoms with E-state index in [2.05, 4.69) is 24.0 Å². The smallest absolute Gasteiger partial charge is 0.139 e. The summed E-state index contributed by atoms with van der Waals surface area (Å²) in [6, 6.07) is 7.84. The average Bonchev–Trinajstić information content (AvgIpc) is 3.11. The van der Waals surface area contributed by atoms with E-state index in [1.54, 1.807) is 19.2 Å². The van der Waals surface area contributed by atoms with E-state index in [4.69, 9.17) is 21.3 Å². The molecule has 142 valence electrons. The molecule has 0 bridgehead atoms. The van der Waals surface area contributed by atoms with Crippen LogP contribution in [0.25, 0.3) is 16.9 Å². The van der Waals surface area contributed by atoms with Gasteiger partial charge in [-0.25, -0.2) is 4.98 Å². The summed E-state index contributed by atoms with van der Waals surface area (Å²) in [5.41, 5.74) is 4.44. The summed E-state index contributed by atoms with van der Waals surface area (Å²) in [6.07, 6.45) is 6.47. The highest BCUT2D eigenvalue weighted by atomic mass is 35.5. The first-order valence-electron chi connectivity index (χ1n) is 9.30. The van der Waals surface area contributed by atoms with Crippen LogP contribution in [-0.4, -0.2) is 34.7 Å². The van der Waals surface area contributed by atoms with E-state index in [0.717, 1.165) is 41.5 Å². The Kier molecular flexibility index (Phi) is 4.98. The number of nitrogens with zero attached hydrogens (tertiary/aromatic N) is 3. The van der Waals surface area contributed by atoms with E-state index in [-0.39, 0.29) is 6.61 Å². The standard InChI is InChI=1S/C21H24ClN3O2/c1-14-3-6-24(7-4-14)16-5-8-25-12-19(23-21(25)10-16)17-11-18(22)20(27-2)9-15(17)13-26/h5,8-12,14,26H,3-4,6-7,13H2,1-2H3. The number of anilines is 1. The number of benzene rings is 1. The number of methoxy groups -OCH3 is 1. The van der Waals surface area contributed by atoms with Crippen molar-refractivity contribution in [2.24, 2.45) is 5.92 Å². The second kappa shape index (κ2) is 7.41. The third-order valence-corrected chi connectivity index (χ3v) is 5.71. The number of rotatable bonds is 4. The van der Waals surface area contributed by atoms with Gasteiger partial charge in [0.2, 0.25) is 0 Å². The summed E-state index contributed by atoms with van der Waals surface area (Å²) in [5, 5.41) is 10.3. The molecule has 0 atom stereocenters. The number of pyridine rings is 1. The minimum Gasteiger partial charge on any atom is -0.495 e. The summed E-state index contributed by atoms with van der Waals surface area (Å²) in [7, 11) is 1.57. The molecule has 27 heavy (non-hydrogen) atoms. The second-order valence-corrected chi connectivity index (χ2v) is 7.66. The largest absolute Gasteiger partial charge is 0.495 e. The number of imidazole rings is 1. The predicted molar refractivity (Wildman–Crippen MR) is 109 cm³/mol. The number of ether oxygens (including phenoxy) is 1. The molecule has 1 aliphatic rings. The Bertz CT molecular complexity index is 961. The molecule has 3 heterocycles. The molecule has 5 nitrogen and oxygen atoms in total. The van der Waals surface area contributed by atoms with Crippen LogP contribution in [0.3, 0.4) is 0 Å². The van der Waals surface area contributed by atoms with Crippen molar-refractivity contribution in [1.29, 1.82) is 0 Å². The molecule has 0 spiro atoms. The van der Waals surface area contributed by atoms with Crippen LogP contribution in [-0.2, 0) is 6.61 Å². The van der Waals surface area contributed by atoms with Crippen molar-refractivity contribution in [1.82, 2.24) is 9.38 Å². The Hall–Kier alpha value is -2.24. The van der Waals surface area contributed by atoms with E-state index >= 15 is 0 Å². The van der Waals surface area contributed by atoms with E-state index in [1.165, 1.54) is 18.5 Å². The zero-order valence-corrected chi connectivity index (χ0v) is 16.4. The fourth-order valence-electron chi connectivity index (χ4n) is 3.69. The topological polar surface area (TPSA) is 50.0 Å². The van der Waals surface area contributed by atoms with Crippen LogP contribution >= 0.6 is 11.6 Å². The van der Waals surface area contributed by atoms with E-state index in [1.807, 2.05) is 16.8 Å². The first-order valence-corrected chi connectivity index (χ1v) is 9.68. The Morgan fingerprint density at radius 1 is 1.26 bits per heavy atom. The zero-order valence-electron chi connectivity index (χ0n) is 15.7. The molecule has 6 heteroatoms. The van der Waals surface area contributed by atoms with E-state index < -0.39 is 0 Å². The lowest BCUT2D eigenvalue weighted by Crippen LogP contribution is -2.32. The summed E-state index contributed by atoms with van der Waals surface area (Å²) in [6.45, 7) is 4.40. The summed E-state index contributed by atoms with van der Waals surface area (Å²) < 4.78 is 7.26. The number of piperidine rings is 1. The average molecular weight is 386 g/mol. The first-order chi connectivity index (χ1) is 13.1. The molecule has 0 amide bonds. The van der Waals surface area contributed by atoms with Crippen LogP contribution in [0.5, 0.6) is 5.75 Å². The van der Waals surface area contributed by atoms with Crippen LogP contribution in [0, 0.1) is 5.92 Å². The molecule has 3 aromatic rings.